The zero-order valence-corrected chi connectivity index (χ0v) is 27.7. The van der Waals surface area contributed by atoms with Crippen LogP contribution in [0.25, 0.3) is 5.76 Å². The Bertz CT molecular complexity index is 1910. The highest BCUT2D eigenvalue weighted by molar-refractivity contribution is 8.00. The van der Waals surface area contributed by atoms with Crippen molar-refractivity contribution < 1.29 is 28.6 Å². The van der Waals surface area contributed by atoms with Gasteiger partial charge in [-0.2, -0.15) is 0 Å². The van der Waals surface area contributed by atoms with Gasteiger partial charge in [-0.15, -0.1) is 10.2 Å². The average molecular weight is 682 g/mol. The van der Waals surface area contributed by atoms with Crippen molar-refractivity contribution in [2.75, 3.05) is 11.5 Å². The maximum absolute atomic E-state index is 14.2. The number of Topliss-reactive ketones (excluding diaryl/α,β-unsaturated/α-hetero) is 1. The van der Waals surface area contributed by atoms with Crippen molar-refractivity contribution in [3.63, 3.8) is 0 Å². The van der Waals surface area contributed by atoms with Gasteiger partial charge in [0.2, 0.25) is 5.13 Å². The monoisotopic (exact) mass is 681 g/mol. The van der Waals surface area contributed by atoms with Crippen molar-refractivity contribution in [3.8, 4) is 11.5 Å². The van der Waals surface area contributed by atoms with Gasteiger partial charge in [0.05, 0.1) is 18.2 Å². The first-order valence-corrected chi connectivity index (χ1v) is 17.2. The molecule has 0 bridgehead atoms. The fourth-order valence-electron chi connectivity index (χ4n) is 5.14. The van der Waals surface area contributed by atoms with Crippen molar-refractivity contribution in [1.29, 1.82) is 0 Å². The summed E-state index contributed by atoms with van der Waals surface area (Å²) in [5, 5.41) is 20.2. The van der Waals surface area contributed by atoms with Crippen LogP contribution in [0.5, 0.6) is 11.5 Å². The molecule has 48 heavy (non-hydrogen) atoms. The Morgan fingerprint density at radius 1 is 0.896 bits per heavy atom. The van der Waals surface area contributed by atoms with Gasteiger partial charge in [0.25, 0.3) is 5.78 Å². The molecule has 1 aromatic heterocycles. The van der Waals surface area contributed by atoms with Crippen LogP contribution in [-0.4, -0.2) is 33.6 Å². The first-order chi connectivity index (χ1) is 23.4. The molecule has 4 aromatic carbocycles. The predicted octanol–water partition coefficient (Wildman–Crippen LogP) is 8.35. The van der Waals surface area contributed by atoms with Gasteiger partial charge in [-0.1, -0.05) is 97.1 Å². The number of hydrogen-bond donors (Lipinski definition) is 1. The molecule has 1 atom stereocenters. The number of anilines is 1. The smallest absolute Gasteiger partial charge is 0.301 e. The number of ketones is 1. The zero-order chi connectivity index (χ0) is 33.5. The molecule has 1 fully saturated rings. The summed E-state index contributed by atoms with van der Waals surface area (Å²) in [5.74, 6) is -0.778. The molecule has 1 aliphatic heterocycles. The van der Waals surface area contributed by atoms with Gasteiger partial charge in [0.1, 0.15) is 29.7 Å². The molecule has 0 unspecified atom stereocenters. The number of aliphatic hydroxyl groups excluding tert-OH is 1. The van der Waals surface area contributed by atoms with Crippen molar-refractivity contribution in [1.82, 2.24) is 10.2 Å². The molecule has 1 saturated heterocycles. The van der Waals surface area contributed by atoms with E-state index in [2.05, 4.69) is 17.1 Å². The Morgan fingerprint density at radius 3 is 2.31 bits per heavy atom. The summed E-state index contributed by atoms with van der Waals surface area (Å²) in [6.45, 7) is 3.02. The van der Waals surface area contributed by atoms with Crippen LogP contribution >= 0.6 is 23.1 Å². The van der Waals surface area contributed by atoms with Crippen LogP contribution in [0.3, 0.4) is 0 Å². The minimum absolute atomic E-state index is 0.0756. The summed E-state index contributed by atoms with van der Waals surface area (Å²) in [6.07, 6.45) is 1.91. The lowest BCUT2D eigenvalue weighted by molar-refractivity contribution is -0.132. The summed E-state index contributed by atoms with van der Waals surface area (Å²) < 4.78 is 26.4. The number of halogens is 1. The van der Waals surface area contributed by atoms with Gasteiger partial charge < -0.3 is 14.6 Å². The Balaban J connectivity index is 1.32. The molecule has 0 saturated carbocycles. The van der Waals surface area contributed by atoms with Crippen LogP contribution < -0.4 is 14.4 Å². The molecule has 1 amide bonds. The largest absolute Gasteiger partial charge is 0.507 e. The summed E-state index contributed by atoms with van der Waals surface area (Å²) in [5.41, 5.74) is 2.38. The number of aromatic nitrogens is 2. The number of thioether (sulfide) groups is 1. The number of nitrogens with zero attached hydrogens (tertiary/aromatic N) is 3. The maximum atomic E-state index is 14.2. The lowest BCUT2D eigenvalue weighted by Crippen LogP contribution is -2.29. The van der Waals surface area contributed by atoms with Crippen molar-refractivity contribution in [3.05, 3.63) is 137 Å². The molecule has 6 rings (SSSR count). The molecule has 8 nitrogen and oxygen atoms in total. The molecule has 244 valence electrons. The molecular formula is C37H32FN3O5S2. The highest BCUT2D eigenvalue weighted by Gasteiger charge is 2.48. The summed E-state index contributed by atoms with van der Waals surface area (Å²) in [6, 6.07) is 29.0. The van der Waals surface area contributed by atoms with Gasteiger partial charge >= 0.3 is 5.91 Å². The van der Waals surface area contributed by atoms with Crippen molar-refractivity contribution in [2.24, 2.45) is 0 Å². The van der Waals surface area contributed by atoms with E-state index in [0.717, 1.165) is 29.7 Å². The van der Waals surface area contributed by atoms with Crippen LogP contribution in [0.4, 0.5) is 9.52 Å². The molecule has 1 N–H and O–H groups in total. The minimum atomic E-state index is -0.994. The molecule has 0 radical (unpaired) electrons. The van der Waals surface area contributed by atoms with E-state index in [-0.39, 0.29) is 22.3 Å². The quantitative estimate of drug-likeness (QED) is 0.0331. The first kappa shape index (κ1) is 32.9. The Hall–Kier alpha value is -5.00. The number of rotatable bonds is 13. The average Bonchev–Trinajstić information content (AvgIpc) is 3.69. The SMILES string of the molecule is CCCCOc1ccc(C(O)=C2C(=O)C(=O)N(c3nnc(SCc4ccccc4F)s3)[C@H]2c2ccc(OCc3ccccc3)cc2)cc1. The van der Waals surface area contributed by atoms with E-state index >= 15 is 0 Å². The summed E-state index contributed by atoms with van der Waals surface area (Å²) in [4.78, 5) is 28.6. The molecule has 2 heterocycles. The van der Waals surface area contributed by atoms with Crippen LogP contribution in [0.15, 0.2) is 113 Å². The fourth-order valence-corrected chi connectivity index (χ4v) is 7.00. The van der Waals surface area contributed by atoms with E-state index in [4.69, 9.17) is 9.47 Å². The van der Waals surface area contributed by atoms with E-state index in [9.17, 15) is 19.1 Å². The van der Waals surface area contributed by atoms with Crippen LogP contribution in [0, 0.1) is 5.82 Å². The molecule has 5 aromatic rings. The van der Waals surface area contributed by atoms with Gasteiger partial charge in [0, 0.05) is 11.3 Å². The van der Waals surface area contributed by atoms with E-state index < -0.39 is 17.7 Å². The van der Waals surface area contributed by atoms with Crippen molar-refractivity contribution >= 4 is 45.7 Å². The lowest BCUT2D eigenvalue weighted by atomic mass is 9.95. The molecule has 1 aliphatic rings. The highest BCUT2D eigenvalue weighted by Crippen LogP contribution is 2.44. The molecular weight excluding hydrogens is 650 g/mol. The second kappa shape index (κ2) is 15.3. The summed E-state index contributed by atoms with van der Waals surface area (Å²) >= 11 is 2.39. The number of hydrogen-bond acceptors (Lipinski definition) is 9. The van der Waals surface area contributed by atoms with Crippen LogP contribution in [-0.2, 0) is 21.9 Å². The van der Waals surface area contributed by atoms with Gasteiger partial charge in [0.15, 0.2) is 4.34 Å². The topological polar surface area (TPSA) is 102 Å². The molecule has 0 spiro atoms. The van der Waals surface area contributed by atoms with E-state index in [1.807, 2.05) is 30.3 Å². The predicted molar refractivity (Wildman–Crippen MR) is 185 cm³/mol. The third-order valence-electron chi connectivity index (χ3n) is 7.69. The summed E-state index contributed by atoms with van der Waals surface area (Å²) in [7, 11) is 0. The second-order valence-corrected chi connectivity index (χ2v) is 13.1. The minimum Gasteiger partial charge on any atom is -0.507 e. The molecule has 0 aliphatic carbocycles. The van der Waals surface area contributed by atoms with E-state index in [1.54, 1.807) is 66.7 Å². The molecule has 11 heteroatoms. The lowest BCUT2D eigenvalue weighted by Gasteiger charge is -2.22. The number of carbonyl (C=O) groups excluding carboxylic acids is 2. The van der Waals surface area contributed by atoms with Gasteiger partial charge in [-0.05, 0) is 65.6 Å². The number of amides is 1. The van der Waals surface area contributed by atoms with Gasteiger partial charge in [-0.3, -0.25) is 14.5 Å². The van der Waals surface area contributed by atoms with Gasteiger partial charge in [-0.25, -0.2) is 4.39 Å². The normalized spacial score (nSPS) is 15.5. The van der Waals surface area contributed by atoms with Crippen molar-refractivity contribution in [2.45, 2.75) is 42.5 Å². The fraction of sp³-hybridized carbons (Fsp3) is 0.189. The van der Waals surface area contributed by atoms with Crippen LogP contribution in [0.2, 0.25) is 0 Å². The zero-order valence-electron chi connectivity index (χ0n) is 26.0. The van der Waals surface area contributed by atoms with E-state index in [1.165, 1.54) is 22.7 Å². The number of carbonyl (C=O) groups is 2. The Labute approximate surface area is 285 Å². The highest BCUT2D eigenvalue weighted by atomic mass is 32.2. The number of unbranched alkanes of at least 4 members (excludes halogenated alkanes) is 1. The third-order valence-corrected chi connectivity index (χ3v) is 9.80. The number of aliphatic hydroxyl groups is 1. The number of benzene rings is 4. The first-order valence-electron chi connectivity index (χ1n) is 15.4. The standard InChI is InChI=1S/C37H32FN3O5S2/c1-2-3-21-45-28-19-15-26(16-20-28)33(42)31-32(25-13-17-29(18-14-25)46-22-24-9-5-4-6-10-24)41(35(44)34(31)43)36-39-40-37(48-36)47-23-27-11-7-8-12-30(27)38/h4-20,32,42H,2-3,21-23H2,1H3/t32-/m0/s1. The maximum Gasteiger partial charge on any atom is 0.301 e. The Morgan fingerprint density at radius 2 is 1.58 bits per heavy atom. The Kier molecular flexibility index (Phi) is 10.5. The number of ether oxygens (including phenoxy) is 2. The van der Waals surface area contributed by atoms with E-state index in [0.29, 0.717) is 51.5 Å². The van der Waals surface area contributed by atoms with Crippen LogP contribution in [0.1, 0.15) is 48.1 Å². The third kappa shape index (κ3) is 7.42. The second-order valence-electron chi connectivity index (χ2n) is 11.0.